The van der Waals surface area contributed by atoms with Crippen molar-refractivity contribution in [2.75, 3.05) is 25.6 Å². The molecular weight excluding hydrogens is 328 g/mol. The maximum absolute atomic E-state index is 12.1. The fourth-order valence-electron chi connectivity index (χ4n) is 3.00. The highest BCUT2D eigenvalue weighted by atomic mass is 35.5. The molecular formula is C18H25ClN2O3. The van der Waals surface area contributed by atoms with Gasteiger partial charge in [-0.05, 0) is 37.0 Å². The van der Waals surface area contributed by atoms with E-state index in [-0.39, 0.29) is 11.8 Å². The number of anilines is 1. The second-order valence-electron chi connectivity index (χ2n) is 6.20. The van der Waals surface area contributed by atoms with Gasteiger partial charge in [-0.3, -0.25) is 9.59 Å². The normalized spacial score (nSPS) is 15.1. The second-order valence-corrected chi connectivity index (χ2v) is 6.61. The lowest BCUT2D eigenvalue weighted by Gasteiger charge is -2.20. The van der Waals surface area contributed by atoms with Crippen molar-refractivity contribution in [2.45, 2.75) is 38.5 Å². The summed E-state index contributed by atoms with van der Waals surface area (Å²) in [5.74, 6) is 0.243. The number of hydrogen-bond donors (Lipinski definition) is 2. The highest BCUT2D eigenvalue weighted by molar-refractivity contribution is 6.34. The van der Waals surface area contributed by atoms with Crippen LogP contribution in [0.25, 0.3) is 0 Å². The summed E-state index contributed by atoms with van der Waals surface area (Å²) in [4.78, 5) is 24.1. The summed E-state index contributed by atoms with van der Waals surface area (Å²) in [5, 5.41) is 5.91. The molecule has 0 atom stereocenters. The number of methoxy groups -OCH3 is 1. The molecule has 0 aliphatic heterocycles. The molecule has 1 aliphatic carbocycles. The Hall–Kier alpha value is -1.59. The molecule has 1 aromatic rings. The van der Waals surface area contributed by atoms with Crippen LogP contribution in [0.15, 0.2) is 18.2 Å². The smallest absolute Gasteiger partial charge is 0.252 e. The molecule has 0 aromatic heterocycles. The standard InChI is InChI=1S/C18H25ClN2O3/c1-24-10-9-20-18(23)15-8-7-14(12-16(15)19)21-17(22)11-13-5-3-2-4-6-13/h7-8,12-13H,2-6,9-11H2,1H3,(H,20,23)(H,21,22). The van der Waals surface area contributed by atoms with Crippen molar-refractivity contribution in [1.29, 1.82) is 0 Å². The first kappa shape index (κ1) is 18.7. The third kappa shape index (κ3) is 5.80. The molecule has 5 nitrogen and oxygen atoms in total. The van der Waals surface area contributed by atoms with Crippen molar-refractivity contribution >= 4 is 29.1 Å². The topological polar surface area (TPSA) is 67.4 Å². The van der Waals surface area contributed by atoms with E-state index in [9.17, 15) is 9.59 Å². The van der Waals surface area contributed by atoms with E-state index in [1.165, 1.54) is 19.3 Å². The van der Waals surface area contributed by atoms with Crippen LogP contribution < -0.4 is 10.6 Å². The Morgan fingerprint density at radius 1 is 1.25 bits per heavy atom. The summed E-state index contributed by atoms with van der Waals surface area (Å²) in [5.41, 5.74) is 1.01. The van der Waals surface area contributed by atoms with Crippen LogP contribution in [0, 0.1) is 5.92 Å². The first-order valence-corrected chi connectivity index (χ1v) is 8.84. The molecule has 2 rings (SSSR count). The Morgan fingerprint density at radius 2 is 2.00 bits per heavy atom. The van der Waals surface area contributed by atoms with Gasteiger partial charge in [0.1, 0.15) is 0 Å². The van der Waals surface area contributed by atoms with Gasteiger partial charge in [-0.25, -0.2) is 0 Å². The summed E-state index contributed by atoms with van der Waals surface area (Å²) in [6.07, 6.45) is 6.54. The molecule has 1 fully saturated rings. The van der Waals surface area contributed by atoms with Crippen LogP contribution in [0.1, 0.15) is 48.9 Å². The number of carbonyl (C=O) groups is 2. The SMILES string of the molecule is COCCNC(=O)c1ccc(NC(=O)CC2CCCCC2)cc1Cl. The Balaban J connectivity index is 1.88. The summed E-state index contributed by atoms with van der Waals surface area (Å²) < 4.78 is 4.89. The van der Waals surface area contributed by atoms with Gasteiger partial charge < -0.3 is 15.4 Å². The maximum Gasteiger partial charge on any atom is 0.252 e. The zero-order chi connectivity index (χ0) is 17.4. The van der Waals surface area contributed by atoms with Crippen molar-refractivity contribution in [2.24, 2.45) is 5.92 Å². The number of amides is 2. The molecule has 2 amide bonds. The fraction of sp³-hybridized carbons (Fsp3) is 0.556. The van der Waals surface area contributed by atoms with Gasteiger partial charge in [0.05, 0.1) is 17.2 Å². The first-order chi connectivity index (χ1) is 11.6. The van der Waals surface area contributed by atoms with Crippen molar-refractivity contribution < 1.29 is 14.3 Å². The fourth-order valence-corrected chi connectivity index (χ4v) is 3.27. The van der Waals surface area contributed by atoms with Crippen LogP contribution >= 0.6 is 11.6 Å². The third-order valence-electron chi connectivity index (χ3n) is 4.29. The minimum absolute atomic E-state index is 0.00950. The lowest BCUT2D eigenvalue weighted by Crippen LogP contribution is -2.27. The van der Waals surface area contributed by atoms with E-state index >= 15 is 0 Å². The number of nitrogens with one attached hydrogen (secondary N) is 2. The van der Waals surface area contributed by atoms with Gasteiger partial charge in [-0.2, -0.15) is 0 Å². The first-order valence-electron chi connectivity index (χ1n) is 8.46. The number of halogens is 1. The van der Waals surface area contributed by atoms with E-state index in [0.717, 1.165) is 12.8 Å². The molecule has 24 heavy (non-hydrogen) atoms. The summed E-state index contributed by atoms with van der Waals surface area (Å²) in [6.45, 7) is 0.865. The molecule has 0 saturated heterocycles. The molecule has 0 bridgehead atoms. The van der Waals surface area contributed by atoms with E-state index < -0.39 is 0 Å². The number of ether oxygens (including phenoxy) is 1. The molecule has 1 aromatic carbocycles. The minimum atomic E-state index is -0.253. The molecule has 6 heteroatoms. The van der Waals surface area contributed by atoms with Gasteiger partial charge in [-0.15, -0.1) is 0 Å². The third-order valence-corrected chi connectivity index (χ3v) is 4.60. The van der Waals surface area contributed by atoms with Crippen LogP contribution in [-0.4, -0.2) is 32.1 Å². The summed E-state index contributed by atoms with van der Waals surface area (Å²) in [7, 11) is 1.57. The Bertz CT molecular complexity index is 571. The van der Waals surface area contributed by atoms with Crippen LogP contribution in [0.5, 0.6) is 0 Å². The molecule has 2 N–H and O–H groups in total. The molecule has 1 aliphatic rings. The minimum Gasteiger partial charge on any atom is -0.383 e. The van der Waals surface area contributed by atoms with Gasteiger partial charge >= 0.3 is 0 Å². The van der Waals surface area contributed by atoms with Crippen molar-refractivity contribution in [3.63, 3.8) is 0 Å². The monoisotopic (exact) mass is 352 g/mol. The van der Waals surface area contributed by atoms with Gasteiger partial charge in [0, 0.05) is 25.8 Å². The maximum atomic E-state index is 12.1. The Labute approximate surface area is 148 Å². The predicted molar refractivity (Wildman–Crippen MR) is 95.5 cm³/mol. The van der Waals surface area contributed by atoms with Crippen LogP contribution in [0.3, 0.4) is 0 Å². The van der Waals surface area contributed by atoms with Crippen LogP contribution in [-0.2, 0) is 9.53 Å². The number of benzene rings is 1. The number of hydrogen-bond acceptors (Lipinski definition) is 3. The Kier molecular flexibility index (Phi) is 7.53. The summed E-state index contributed by atoms with van der Waals surface area (Å²) >= 11 is 6.17. The highest BCUT2D eigenvalue weighted by Gasteiger charge is 2.17. The van der Waals surface area contributed by atoms with E-state index in [1.54, 1.807) is 25.3 Å². The largest absolute Gasteiger partial charge is 0.383 e. The van der Waals surface area contributed by atoms with Crippen LogP contribution in [0.4, 0.5) is 5.69 Å². The number of carbonyl (C=O) groups excluding carboxylic acids is 2. The average molecular weight is 353 g/mol. The van der Waals surface area contributed by atoms with E-state index in [0.29, 0.717) is 41.8 Å². The van der Waals surface area contributed by atoms with Crippen molar-refractivity contribution in [3.05, 3.63) is 28.8 Å². The lowest BCUT2D eigenvalue weighted by molar-refractivity contribution is -0.117. The van der Waals surface area contributed by atoms with Gasteiger partial charge in [0.2, 0.25) is 5.91 Å². The zero-order valence-corrected chi connectivity index (χ0v) is 14.8. The Morgan fingerprint density at radius 3 is 2.67 bits per heavy atom. The van der Waals surface area contributed by atoms with Crippen molar-refractivity contribution in [3.8, 4) is 0 Å². The molecule has 0 unspecified atom stereocenters. The van der Waals surface area contributed by atoms with Crippen molar-refractivity contribution in [1.82, 2.24) is 5.32 Å². The predicted octanol–water partition coefficient (Wildman–Crippen LogP) is 3.63. The van der Waals surface area contributed by atoms with E-state index in [2.05, 4.69) is 10.6 Å². The summed E-state index contributed by atoms with van der Waals surface area (Å²) in [6, 6.07) is 4.95. The molecule has 0 radical (unpaired) electrons. The number of rotatable bonds is 7. The quantitative estimate of drug-likeness (QED) is 0.736. The molecule has 1 saturated carbocycles. The highest BCUT2D eigenvalue weighted by Crippen LogP contribution is 2.27. The van der Waals surface area contributed by atoms with E-state index in [1.807, 2.05) is 0 Å². The lowest BCUT2D eigenvalue weighted by atomic mass is 9.87. The molecule has 132 valence electrons. The average Bonchev–Trinajstić information content (AvgIpc) is 2.56. The van der Waals surface area contributed by atoms with Gasteiger partial charge in [0.15, 0.2) is 0 Å². The second kappa shape index (κ2) is 9.64. The van der Waals surface area contributed by atoms with E-state index in [4.69, 9.17) is 16.3 Å². The molecule has 0 spiro atoms. The van der Waals surface area contributed by atoms with Crippen LogP contribution in [0.2, 0.25) is 5.02 Å². The molecule has 0 heterocycles. The zero-order valence-electron chi connectivity index (χ0n) is 14.1. The van der Waals surface area contributed by atoms with Gasteiger partial charge in [0.25, 0.3) is 5.91 Å². The van der Waals surface area contributed by atoms with Gasteiger partial charge in [-0.1, -0.05) is 30.9 Å².